The maximum atomic E-state index is 13.2. The zero-order chi connectivity index (χ0) is 13.5. The minimum atomic E-state index is -4.50. The van der Waals surface area contributed by atoms with Gasteiger partial charge in [0.05, 0.1) is 5.56 Å². The molecule has 0 aliphatic rings. The van der Waals surface area contributed by atoms with Gasteiger partial charge in [-0.3, -0.25) is 4.40 Å². The molecule has 18 heavy (non-hydrogen) atoms. The van der Waals surface area contributed by atoms with Crippen molar-refractivity contribution < 1.29 is 27.5 Å². The SMILES string of the molecule is O=C(O)c1ccc2nnc(C(F)(F)C(F)F)n2c1. The van der Waals surface area contributed by atoms with Crippen molar-refractivity contribution in [2.24, 2.45) is 0 Å². The molecule has 0 aliphatic carbocycles. The van der Waals surface area contributed by atoms with Crippen molar-refractivity contribution >= 4 is 11.6 Å². The zero-order valence-electron chi connectivity index (χ0n) is 8.52. The third kappa shape index (κ3) is 1.77. The first kappa shape index (κ1) is 12.3. The van der Waals surface area contributed by atoms with Gasteiger partial charge in [0.25, 0.3) is 0 Å². The van der Waals surface area contributed by atoms with Crippen molar-refractivity contribution in [3.05, 3.63) is 29.7 Å². The number of carboxylic acids is 1. The number of fused-ring (bicyclic) bond motifs is 1. The Morgan fingerprint density at radius 1 is 1.33 bits per heavy atom. The van der Waals surface area contributed by atoms with E-state index in [0.717, 1.165) is 18.3 Å². The number of carbonyl (C=O) groups is 1. The van der Waals surface area contributed by atoms with Gasteiger partial charge in [0.1, 0.15) is 0 Å². The Morgan fingerprint density at radius 2 is 2.00 bits per heavy atom. The average Bonchev–Trinajstić information content (AvgIpc) is 2.71. The first-order valence-corrected chi connectivity index (χ1v) is 4.58. The summed E-state index contributed by atoms with van der Waals surface area (Å²) >= 11 is 0. The molecule has 96 valence electrons. The summed E-state index contributed by atoms with van der Waals surface area (Å²) in [5.74, 6) is -7.18. The second kappa shape index (κ2) is 3.93. The van der Waals surface area contributed by atoms with Gasteiger partial charge in [-0.15, -0.1) is 10.2 Å². The van der Waals surface area contributed by atoms with E-state index in [-0.39, 0.29) is 11.2 Å². The van der Waals surface area contributed by atoms with Crippen LogP contribution >= 0.6 is 0 Å². The predicted octanol–water partition coefficient (Wildman–Crippen LogP) is 1.78. The van der Waals surface area contributed by atoms with Gasteiger partial charge in [-0.05, 0) is 12.1 Å². The maximum absolute atomic E-state index is 13.2. The Bertz CT molecular complexity index is 611. The minimum Gasteiger partial charge on any atom is -0.478 e. The Balaban J connectivity index is 2.66. The Labute approximate surface area is 96.7 Å². The van der Waals surface area contributed by atoms with Crippen LogP contribution in [0.4, 0.5) is 17.6 Å². The molecule has 2 rings (SSSR count). The third-order valence-electron chi connectivity index (χ3n) is 2.22. The Morgan fingerprint density at radius 3 is 2.56 bits per heavy atom. The summed E-state index contributed by atoms with van der Waals surface area (Å²) in [6.45, 7) is 0. The normalized spacial score (nSPS) is 12.3. The molecule has 0 fully saturated rings. The number of aromatic nitrogens is 3. The largest absolute Gasteiger partial charge is 0.478 e. The average molecular weight is 263 g/mol. The van der Waals surface area contributed by atoms with E-state index < -0.39 is 24.1 Å². The van der Waals surface area contributed by atoms with Crippen LogP contribution in [0.1, 0.15) is 16.2 Å². The van der Waals surface area contributed by atoms with Crippen LogP contribution in [0.5, 0.6) is 0 Å². The topological polar surface area (TPSA) is 67.5 Å². The summed E-state index contributed by atoms with van der Waals surface area (Å²) in [5, 5.41) is 14.9. The zero-order valence-corrected chi connectivity index (χ0v) is 8.52. The lowest BCUT2D eigenvalue weighted by molar-refractivity contribution is -0.141. The third-order valence-corrected chi connectivity index (χ3v) is 2.22. The molecule has 0 amide bonds. The number of hydrogen-bond donors (Lipinski definition) is 1. The van der Waals surface area contributed by atoms with Gasteiger partial charge < -0.3 is 5.11 Å². The van der Waals surface area contributed by atoms with E-state index in [4.69, 9.17) is 5.11 Å². The highest BCUT2D eigenvalue weighted by atomic mass is 19.3. The van der Waals surface area contributed by atoms with Gasteiger partial charge in [0, 0.05) is 6.20 Å². The standard InChI is InChI=1S/C9H5F4N3O2/c10-7(11)9(12,13)8-15-14-5-2-1-4(6(17)18)3-16(5)8/h1-3,7H,(H,17,18). The Kier molecular flexibility index (Phi) is 2.68. The summed E-state index contributed by atoms with van der Waals surface area (Å²) in [7, 11) is 0. The highest BCUT2D eigenvalue weighted by Crippen LogP contribution is 2.33. The fourth-order valence-electron chi connectivity index (χ4n) is 1.34. The van der Waals surface area contributed by atoms with E-state index in [1.165, 1.54) is 0 Å². The molecule has 0 radical (unpaired) electrons. The lowest BCUT2D eigenvalue weighted by Gasteiger charge is -2.12. The molecule has 0 bridgehead atoms. The number of alkyl halides is 4. The fraction of sp³-hybridized carbons (Fsp3) is 0.222. The maximum Gasteiger partial charge on any atom is 0.366 e. The van der Waals surface area contributed by atoms with Crippen molar-refractivity contribution in [1.82, 2.24) is 14.6 Å². The first-order chi connectivity index (χ1) is 8.34. The lowest BCUT2D eigenvalue weighted by atomic mass is 10.2. The highest BCUT2D eigenvalue weighted by Gasteiger charge is 2.47. The summed E-state index contributed by atoms with van der Waals surface area (Å²) in [6, 6.07) is 2.21. The van der Waals surface area contributed by atoms with Crippen LogP contribution in [0.2, 0.25) is 0 Å². The van der Waals surface area contributed by atoms with Crippen LogP contribution in [0, 0.1) is 0 Å². The van der Waals surface area contributed by atoms with Gasteiger partial charge in [-0.1, -0.05) is 0 Å². The van der Waals surface area contributed by atoms with Crippen LogP contribution in [-0.2, 0) is 5.92 Å². The van der Waals surface area contributed by atoms with E-state index in [0.29, 0.717) is 4.40 Å². The van der Waals surface area contributed by atoms with Crippen molar-refractivity contribution in [1.29, 1.82) is 0 Å². The fourth-order valence-corrected chi connectivity index (χ4v) is 1.34. The van der Waals surface area contributed by atoms with Crippen LogP contribution in [0.3, 0.4) is 0 Å². The summed E-state index contributed by atoms with van der Waals surface area (Å²) in [6.07, 6.45) is -3.19. The second-order valence-corrected chi connectivity index (χ2v) is 3.40. The van der Waals surface area contributed by atoms with Crippen LogP contribution < -0.4 is 0 Å². The number of halogens is 4. The molecule has 0 atom stereocenters. The monoisotopic (exact) mass is 263 g/mol. The minimum absolute atomic E-state index is 0.143. The van der Waals surface area contributed by atoms with Gasteiger partial charge in [0.15, 0.2) is 5.65 Å². The molecule has 2 aromatic heterocycles. The molecule has 0 saturated carbocycles. The number of rotatable bonds is 3. The summed E-state index contributed by atoms with van der Waals surface area (Å²) in [5.41, 5.74) is -0.482. The van der Waals surface area contributed by atoms with E-state index in [2.05, 4.69) is 10.2 Å². The quantitative estimate of drug-likeness (QED) is 0.857. The molecule has 0 saturated heterocycles. The first-order valence-electron chi connectivity index (χ1n) is 4.58. The van der Waals surface area contributed by atoms with E-state index in [1.54, 1.807) is 0 Å². The van der Waals surface area contributed by atoms with Gasteiger partial charge >= 0.3 is 18.3 Å². The molecular weight excluding hydrogens is 258 g/mol. The molecule has 0 aliphatic heterocycles. The van der Waals surface area contributed by atoms with Crippen molar-refractivity contribution in [3.8, 4) is 0 Å². The van der Waals surface area contributed by atoms with Crippen LogP contribution in [-0.4, -0.2) is 32.1 Å². The predicted molar refractivity (Wildman–Crippen MR) is 49.8 cm³/mol. The van der Waals surface area contributed by atoms with Gasteiger partial charge in [-0.25, -0.2) is 13.6 Å². The number of hydrogen-bond acceptors (Lipinski definition) is 3. The van der Waals surface area contributed by atoms with Crippen molar-refractivity contribution in [3.63, 3.8) is 0 Å². The summed E-state index contributed by atoms with van der Waals surface area (Å²) in [4.78, 5) is 10.7. The molecule has 1 N–H and O–H groups in total. The molecule has 0 aromatic carbocycles. The number of aromatic carboxylic acids is 1. The molecular formula is C9H5F4N3O2. The van der Waals surface area contributed by atoms with E-state index >= 15 is 0 Å². The molecule has 0 spiro atoms. The number of pyridine rings is 1. The van der Waals surface area contributed by atoms with Crippen LogP contribution in [0.25, 0.3) is 5.65 Å². The molecule has 0 unspecified atom stereocenters. The molecule has 9 heteroatoms. The lowest BCUT2D eigenvalue weighted by Crippen LogP contribution is -2.26. The second-order valence-electron chi connectivity index (χ2n) is 3.40. The van der Waals surface area contributed by atoms with Gasteiger partial charge in [0.2, 0.25) is 5.82 Å². The van der Waals surface area contributed by atoms with Crippen LogP contribution in [0.15, 0.2) is 18.3 Å². The summed E-state index contributed by atoms with van der Waals surface area (Å²) < 4.78 is 51.3. The number of carboxylic acid groups (broad SMARTS) is 1. The molecule has 5 nitrogen and oxygen atoms in total. The van der Waals surface area contributed by atoms with Crippen molar-refractivity contribution in [2.45, 2.75) is 12.3 Å². The highest BCUT2D eigenvalue weighted by molar-refractivity contribution is 5.87. The van der Waals surface area contributed by atoms with E-state index in [1.807, 2.05) is 0 Å². The molecule has 2 heterocycles. The van der Waals surface area contributed by atoms with Crippen molar-refractivity contribution in [2.75, 3.05) is 0 Å². The number of nitrogens with zero attached hydrogens (tertiary/aromatic N) is 3. The van der Waals surface area contributed by atoms with E-state index in [9.17, 15) is 22.4 Å². The smallest absolute Gasteiger partial charge is 0.366 e. The Hall–Kier alpha value is -2.19. The molecule has 2 aromatic rings. The van der Waals surface area contributed by atoms with Gasteiger partial charge in [-0.2, -0.15) is 8.78 Å².